The van der Waals surface area contributed by atoms with Gasteiger partial charge in [-0.05, 0) is 36.7 Å². The Morgan fingerprint density at radius 2 is 1.62 bits per heavy atom. The minimum absolute atomic E-state index is 0.114. The van der Waals surface area contributed by atoms with Crippen molar-refractivity contribution in [3.63, 3.8) is 0 Å². The zero-order chi connectivity index (χ0) is 15.2. The van der Waals surface area contributed by atoms with E-state index in [-0.39, 0.29) is 12.1 Å². The summed E-state index contributed by atoms with van der Waals surface area (Å²) in [5.41, 5.74) is 1.22. The summed E-state index contributed by atoms with van der Waals surface area (Å²) < 4.78 is 44.3. The average molecular weight is 295 g/mol. The van der Waals surface area contributed by atoms with Gasteiger partial charge in [-0.15, -0.1) is 0 Å². The Balaban J connectivity index is 1.83. The summed E-state index contributed by atoms with van der Waals surface area (Å²) in [4.78, 5) is 0. The van der Waals surface area contributed by atoms with Crippen LogP contribution in [0, 0.1) is 17.5 Å². The van der Waals surface area contributed by atoms with Crippen LogP contribution < -0.4 is 10.1 Å². The van der Waals surface area contributed by atoms with E-state index in [2.05, 4.69) is 5.32 Å². The van der Waals surface area contributed by atoms with Gasteiger partial charge in [0.15, 0.2) is 11.6 Å². The minimum Gasteiger partial charge on any atom is -0.497 e. The molecule has 0 heterocycles. The highest BCUT2D eigenvalue weighted by atomic mass is 19.2. The Hall–Kier alpha value is -2.01. The molecule has 0 bridgehead atoms. The summed E-state index contributed by atoms with van der Waals surface area (Å²) in [5, 5.41) is 3.01. The van der Waals surface area contributed by atoms with E-state index in [4.69, 9.17) is 4.74 Å². The largest absolute Gasteiger partial charge is 0.497 e. The predicted octanol–water partition coefficient (Wildman–Crippen LogP) is 3.44. The van der Waals surface area contributed by atoms with Crippen molar-refractivity contribution >= 4 is 0 Å². The molecule has 0 saturated carbocycles. The maximum Gasteiger partial charge on any atom is 0.161 e. The van der Waals surface area contributed by atoms with Crippen LogP contribution in [-0.4, -0.2) is 13.7 Å². The highest BCUT2D eigenvalue weighted by Crippen LogP contribution is 2.14. The molecule has 21 heavy (non-hydrogen) atoms. The van der Waals surface area contributed by atoms with Gasteiger partial charge in [-0.25, -0.2) is 13.2 Å². The molecule has 0 radical (unpaired) electrons. The Morgan fingerprint density at radius 1 is 0.952 bits per heavy atom. The minimum atomic E-state index is -1.17. The van der Waals surface area contributed by atoms with Gasteiger partial charge in [-0.3, -0.25) is 0 Å². The van der Waals surface area contributed by atoms with Crippen LogP contribution in [0.5, 0.6) is 5.75 Å². The first-order valence-electron chi connectivity index (χ1n) is 6.57. The van der Waals surface area contributed by atoms with E-state index in [1.54, 1.807) is 7.11 Å². The van der Waals surface area contributed by atoms with Gasteiger partial charge in [-0.2, -0.15) is 0 Å². The fourth-order valence-electron chi connectivity index (χ4n) is 1.95. The number of methoxy groups -OCH3 is 1. The van der Waals surface area contributed by atoms with Crippen LogP contribution in [0.15, 0.2) is 36.4 Å². The number of nitrogens with one attached hydrogen (secondary N) is 1. The Morgan fingerprint density at radius 3 is 2.29 bits per heavy atom. The second-order valence-corrected chi connectivity index (χ2v) is 4.63. The van der Waals surface area contributed by atoms with Crippen LogP contribution in [0.3, 0.4) is 0 Å². The lowest BCUT2D eigenvalue weighted by atomic mass is 10.1. The van der Waals surface area contributed by atoms with E-state index in [0.717, 1.165) is 23.8 Å². The third-order valence-electron chi connectivity index (χ3n) is 3.15. The van der Waals surface area contributed by atoms with E-state index in [1.165, 1.54) is 0 Å². The molecule has 1 N–H and O–H groups in total. The molecule has 0 saturated heterocycles. The van der Waals surface area contributed by atoms with Crippen LogP contribution in [0.4, 0.5) is 13.2 Å². The van der Waals surface area contributed by atoms with Crippen molar-refractivity contribution in [2.45, 2.75) is 13.0 Å². The van der Waals surface area contributed by atoms with Gasteiger partial charge in [0.25, 0.3) is 0 Å². The zero-order valence-corrected chi connectivity index (χ0v) is 11.6. The highest BCUT2D eigenvalue weighted by Gasteiger charge is 2.09. The molecule has 0 fully saturated rings. The molecule has 112 valence electrons. The quantitative estimate of drug-likeness (QED) is 0.651. The lowest BCUT2D eigenvalue weighted by Gasteiger charge is -2.07. The summed E-state index contributed by atoms with van der Waals surface area (Å²) in [5.74, 6) is -2.17. The molecule has 2 nitrogen and oxygen atoms in total. The van der Waals surface area contributed by atoms with Crippen molar-refractivity contribution in [3.8, 4) is 5.75 Å². The van der Waals surface area contributed by atoms with Gasteiger partial charge in [0, 0.05) is 18.2 Å². The molecule has 0 spiro atoms. The fraction of sp³-hybridized carbons (Fsp3) is 0.250. The first kappa shape index (κ1) is 15.4. The Kier molecular flexibility index (Phi) is 5.22. The van der Waals surface area contributed by atoms with E-state index >= 15 is 0 Å². The van der Waals surface area contributed by atoms with Crippen LogP contribution in [0.1, 0.15) is 11.1 Å². The van der Waals surface area contributed by atoms with Gasteiger partial charge in [0.05, 0.1) is 7.11 Å². The Labute approximate surface area is 121 Å². The molecule has 2 aromatic rings. The standard InChI is InChI=1S/C16H16F3NO/c1-21-13-4-2-11(3-5-13)6-7-20-10-12-8-15(18)16(19)9-14(12)17/h2-5,8-9,20H,6-7,10H2,1H3. The Bertz CT molecular complexity index is 599. The van der Waals surface area contributed by atoms with Crippen molar-refractivity contribution in [1.29, 1.82) is 0 Å². The molecule has 0 aliphatic heterocycles. The molecule has 0 aliphatic rings. The van der Waals surface area contributed by atoms with Crippen molar-refractivity contribution in [2.24, 2.45) is 0 Å². The van der Waals surface area contributed by atoms with Crippen molar-refractivity contribution in [2.75, 3.05) is 13.7 Å². The highest BCUT2D eigenvalue weighted by molar-refractivity contribution is 5.27. The van der Waals surface area contributed by atoms with E-state index in [0.29, 0.717) is 12.6 Å². The molecule has 2 aromatic carbocycles. The van der Waals surface area contributed by atoms with Gasteiger partial charge < -0.3 is 10.1 Å². The third kappa shape index (κ3) is 4.23. The van der Waals surface area contributed by atoms with Gasteiger partial charge in [0.2, 0.25) is 0 Å². The van der Waals surface area contributed by atoms with Crippen molar-refractivity contribution in [3.05, 3.63) is 65.0 Å². The molecule has 0 aromatic heterocycles. The van der Waals surface area contributed by atoms with Crippen molar-refractivity contribution in [1.82, 2.24) is 5.32 Å². The molecule has 5 heteroatoms. The van der Waals surface area contributed by atoms with Crippen LogP contribution in [0.2, 0.25) is 0 Å². The topological polar surface area (TPSA) is 21.3 Å². The molecule has 0 amide bonds. The number of benzene rings is 2. The first-order valence-corrected chi connectivity index (χ1v) is 6.57. The molecule has 0 unspecified atom stereocenters. The molecule has 0 aliphatic carbocycles. The third-order valence-corrected chi connectivity index (χ3v) is 3.15. The average Bonchev–Trinajstić information content (AvgIpc) is 2.49. The second kappa shape index (κ2) is 7.13. The molecule has 0 atom stereocenters. The summed E-state index contributed by atoms with van der Waals surface area (Å²) in [6, 6.07) is 9.06. The van der Waals surface area contributed by atoms with Crippen molar-refractivity contribution < 1.29 is 17.9 Å². The van der Waals surface area contributed by atoms with E-state index in [1.807, 2.05) is 24.3 Å². The van der Waals surface area contributed by atoms with E-state index in [9.17, 15) is 13.2 Å². The van der Waals surface area contributed by atoms with Crippen LogP contribution in [-0.2, 0) is 13.0 Å². The summed E-state index contributed by atoms with van der Waals surface area (Å²) >= 11 is 0. The molecule has 2 rings (SSSR count). The number of rotatable bonds is 6. The summed E-state index contributed by atoms with van der Waals surface area (Å²) in [6.07, 6.45) is 0.745. The zero-order valence-electron chi connectivity index (χ0n) is 11.6. The number of hydrogen-bond acceptors (Lipinski definition) is 2. The predicted molar refractivity (Wildman–Crippen MR) is 74.7 cm³/mol. The normalized spacial score (nSPS) is 10.7. The van der Waals surface area contributed by atoms with Gasteiger partial charge in [0.1, 0.15) is 11.6 Å². The maximum atomic E-state index is 13.4. The lowest BCUT2D eigenvalue weighted by Crippen LogP contribution is -2.17. The smallest absolute Gasteiger partial charge is 0.161 e. The second-order valence-electron chi connectivity index (χ2n) is 4.63. The van der Waals surface area contributed by atoms with Gasteiger partial charge in [-0.1, -0.05) is 12.1 Å². The number of ether oxygens (including phenoxy) is 1. The SMILES string of the molecule is COc1ccc(CCNCc2cc(F)c(F)cc2F)cc1. The van der Waals surface area contributed by atoms with E-state index < -0.39 is 17.5 Å². The van der Waals surface area contributed by atoms with Crippen LogP contribution in [0.25, 0.3) is 0 Å². The number of hydrogen-bond donors (Lipinski definition) is 1. The lowest BCUT2D eigenvalue weighted by molar-refractivity contribution is 0.414. The maximum absolute atomic E-state index is 13.4. The fourth-order valence-corrected chi connectivity index (χ4v) is 1.95. The number of halogens is 3. The van der Waals surface area contributed by atoms with Crippen LogP contribution >= 0.6 is 0 Å². The summed E-state index contributed by atoms with van der Waals surface area (Å²) in [7, 11) is 1.60. The van der Waals surface area contributed by atoms with Gasteiger partial charge >= 0.3 is 0 Å². The molecular weight excluding hydrogens is 279 g/mol. The summed E-state index contributed by atoms with van der Waals surface area (Å²) in [6.45, 7) is 0.754. The monoisotopic (exact) mass is 295 g/mol. The first-order chi connectivity index (χ1) is 10.1. The molecular formula is C16H16F3NO.